The van der Waals surface area contributed by atoms with Crippen molar-refractivity contribution in [1.82, 2.24) is 0 Å². The van der Waals surface area contributed by atoms with Crippen LogP contribution >= 0.6 is 0 Å². The molecule has 0 amide bonds. The van der Waals surface area contributed by atoms with Crippen molar-refractivity contribution in [2.75, 3.05) is 0 Å². The molecule has 0 heterocycles. The molecule has 0 aromatic heterocycles. The molecule has 1 heteroatoms. The summed E-state index contributed by atoms with van der Waals surface area (Å²) in [5.74, 6) is 2.07. The van der Waals surface area contributed by atoms with E-state index in [0.717, 1.165) is 24.7 Å². The molecule has 98 valence electrons. The Hall–Kier alpha value is -0.330. The van der Waals surface area contributed by atoms with E-state index < -0.39 is 0 Å². The Kier molecular flexibility index (Phi) is 4.27. The summed E-state index contributed by atoms with van der Waals surface area (Å²) in [5, 5.41) is 0. The van der Waals surface area contributed by atoms with Gasteiger partial charge in [-0.25, -0.2) is 0 Å². The third-order valence-corrected chi connectivity index (χ3v) is 5.46. The lowest BCUT2D eigenvalue weighted by molar-refractivity contribution is -0.118. The second-order valence-electron chi connectivity index (χ2n) is 6.64. The molecular formula is C16H28O. The summed E-state index contributed by atoms with van der Waals surface area (Å²) in [6, 6.07) is 0. The molecule has 2 atom stereocenters. The number of rotatable bonds is 3. The number of hydrogen-bond acceptors (Lipinski definition) is 1. The Morgan fingerprint density at radius 2 is 1.76 bits per heavy atom. The van der Waals surface area contributed by atoms with Crippen molar-refractivity contribution < 1.29 is 4.79 Å². The van der Waals surface area contributed by atoms with Gasteiger partial charge >= 0.3 is 0 Å². The summed E-state index contributed by atoms with van der Waals surface area (Å²) in [4.78, 5) is 11.3. The maximum Gasteiger partial charge on any atom is 0.129 e. The van der Waals surface area contributed by atoms with Gasteiger partial charge in [0.15, 0.2) is 0 Å². The van der Waals surface area contributed by atoms with E-state index in [-0.39, 0.29) is 0 Å². The van der Waals surface area contributed by atoms with Crippen LogP contribution in [0.15, 0.2) is 0 Å². The molecule has 0 unspecified atom stereocenters. The van der Waals surface area contributed by atoms with Gasteiger partial charge in [-0.15, -0.1) is 0 Å². The molecule has 2 aliphatic carbocycles. The maximum absolute atomic E-state index is 11.3. The predicted octanol–water partition coefficient (Wildman–Crippen LogP) is 4.74. The fourth-order valence-electron chi connectivity index (χ4n) is 4.59. The first kappa shape index (κ1) is 13.1. The highest BCUT2D eigenvalue weighted by Crippen LogP contribution is 2.54. The van der Waals surface area contributed by atoms with Crippen LogP contribution in [0.25, 0.3) is 0 Å². The first-order valence-electron chi connectivity index (χ1n) is 7.63. The monoisotopic (exact) mass is 236 g/mol. The lowest BCUT2D eigenvalue weighted by Crippen LogP contribution is -2.40. The molecule has 2 fully saturated rings. The zero-order valence-electron chi connectivity index (χ0n) is 11.6. The Labute approximate surface area is 106 Å². The van der Waals surface area contributed by atoms with Crippen LogP contribution in [0.3, 0.4) is 0 Å². The van der Waals surface area contributed by atoms with Crippen LogP contribution in [0.1, 0.15) is 78.1 Å². The highest BCUT2D eigenvalue weighted by molar-refractivity contribution is 5.75. The van der Waals surface area contributed by atoms with Gasteiger partial charge in [0.1, 0.15) is 5.78 Å². The summed E-state index contributed by atoms with van der Waals surface area (Å²) in [6.45, 7) is 4.18. The summed E-state index contributed by atoms with van der Waals surface area (Å²) in [7, 11) is 0. The van der Waals surface area contributed by atoms with Gasteiger partial charge < -0.3 is 4.79 Å². The molecule has 2 aliphatic rings. The van der Waals surface area contributed by atoms with Crippen molar-refractivity contribution in [3.63, 3.8) is 0 Å². The van der Waals surface area contributed by atoms with Crippen LogP contribution in [-0.2, 0) is 4.79 Å². The lowest BCUT2D eigenvalue weighted by Gasteiger charge is -2.50. The molecule has 0 saturated heterocycles. The maximum atomic E-state index is 11.3. The molecule has 2 saturated carbocycles. The Balaban J connectivity index is 2.06. The van der Waals surface area contributed by atoms with E-state index in [1.807, 2.05) is 0 Å². The second-order valence-corrected chi connectivity index (χ2v) is 6.64. The van der Waals surface area contributed by atoms with Crippen molar-refractivity contribution in [2.24, 2.45) is 17.3 Å². The molecule has 0 bridgehead atoms. The van der Waals surface area contributed by atoms with Gasteiger partial charge in [0.25, 0.3) is 0 Å². The van der Waals surface area contributed by atoms with Crippen LogP contribution in [-0.4, -0.2) is 5.78 Å². The van der Waals surface area contributed by atoms with Crippen LogP contribution in [0.5, 0.6) is 0 Å². The van der Waals surface area contributed by atoms with E-state index in [0.29, 0.717) is 11.2 Å². The number of ketones is 1. The van der Waals surface area contributed by atoms with E-state index in [1.165, 1.54) is 51.4 Å². The smallest absolute Gasteiger partial charge is 0.129 e. The first-order chi connectivity index (χ1) is 8.14. The highest BCUT2D eigenvalue weighted by atomic mass is 16.1. The zero-order valence-corrected chi connectivity index (χ0v) is 11.6. The third kappa shape index (κ3) is 2.92. The Bertz CT molecular complexity index is 257. The minimum absolute atomic E-state index is 0.383. The average Bonchev–Trinajstić information content (AvgIpc) is 2.29. The molecule has 2 rings (SSSR count). The molecule has 0 aromatic rings. The van der Waals surface area contributed by atoms with Gasteiger partial charge in [-0.1, -0.05) is 39.0 Å². The van der Waals surface area contributed by atoms with Crippen molar-refractivity contribution in [3.8, 4) is 0 Å². The topological polar surface area (TPSA) is 17.1 Å². The molecule has 0 aromatic carbocycles. The molecule has 0 aliphatic heterocycles. The van der Waals surface area contributed by atoms with E-state index in [4.69, 9.17) is 0 Å². The van der Waals surface area contributed by atoms with Crippen LogP contribution in [0, 0.1) is 17.3 Å². The fraction of sp³-hybridized carbons (Fsp3) is 0.938. The summed E-state index contributed by atoms with van der Waals surface area (Å²) in [5.41, 5.74) is 0.630. The highest BCUT2D eigenvalue weighted by Gasteiger charge is 2.43. The van der Waals surface area contributed by atoms with Gasteiger partial charge in [-0.3, -0.25) is 0 Å². The van der Waals surface area contributed by atoms with Gasteiger partial charge in [-0.2, -0.15) is 0 Å². The number of hydrogen-bond donors (Lipinski definition) is 0. The van der Waals surface area contributed by atoms with Crippen molar-refractivity contribution in [1.29, 1.82) is 0 Å². The standard InChI is InChI=1S/C16H28O/c1-13-7-6-12-16(10-4-3-5-11-16)15(13)9-8-14(2)17/h13,15H,3-12H2,1-2H3/t13-,15+/m0/s1. The first-order valence-corrected chi connectivity index (χ1v) is 7.63. The van der Waals surface area contributed by atoms with E-state index in [9.17, 15) is 4.79 Å². The van der Waals surface area contributed by atoms with E-state index in [1.54, 1.807) is 6.92 Å². The van der Waals surface area contributed by atoms with Crippen LogP contribution in [0.2, 0.25) is 0 Å². The van der Waals surface area contributed by atoms with E-state index in [2.05, 4.69) is 6.92 Å². The minimum Gasteiger partial charge on any atom is -0.300 e. The lowest BCUT2D eigenvalue weighted by atomic mass is 9.55. The average molecular weight is 236 g/mol. The fourth-order valence-corrected chi connectivity index (χ4v) is 4.59. The Morgan fingerprint density at radius 1 is 1.12 bits per heavy atom. The summed E-state index contributed by atoms with van der Waals surface area (Å²) < 4.78 is 0. The quantitative estimate of drug-likeness (QED) is 0.691. The molecular weight excluding hydrogens is 208 g/mol. The minimum atomic E-state index is 0.383. The molecule has 1 nitrogen and oxygen atoms in total. The molecule has 0 radical (unpaired) electrons. The normalized spacial score (nSPS) is 32.6. The zero-order chi connectivity index (χ0) is 12.3. The summed E-state index contributed by atoms with van der Waals surface area (Å²) in [6.07, 6.45) is 13.4. The van der Waals surface area contributed by atoms with Gasteiger partial charge in [0.2, 0.25) is 0 Å². The number of Topliss-reactive ketones (excluding diaryl/α,β-unsaturated/α-hetero) is 1. The van der Waals surface area contributed by atoms with Crippen molar-refractivity contribution >= 4 is 5.78 Å². The summed E-state index contributed by atoms with van der Waals surface area (Å²) >= 11 is 0. The van der Waals surface area contributed by atoms with Crippen molar-refractivity contribution in [2.45, 2.75) is 78.1 Å². The largest absolute Gasteiger partial charge is 0.300 e. The van der Waals surface area contributed by atoms with E-state index >= 15 is 0 Å². The van der Waals surface area contributed by atoms with Gasteiger partial charge in [0.05, 0.1) is 0 Å². The predicted molar refractivity (Wildman–Crippen MR) is 71.9 cm³/mol. The SMILES string of the molecule is CC(=O)CC[C@@H]1[C@@H](C)CCCC12CCCCC2. The molecule has 0 N–H and O–H groups in total. The number of carbonyl (C=O) groups is 1. The number of carbonyl (C=O) groups excluding carboxylic acids is 1. The third-order valence-electron chi connectivity index (χ3n) is 5.46. The van der Waals surface area contributed by atoms with Crippen LogP contribution < -0.4 is 0 Å². The Morgan fingerprint density at radius 3 is 2.41 bits per heavy atom. The molecule has 1 spiro atoms. The van der Waals surface area contributed by atoms with Gasteiger partial charge in [-0.05, 0) is 49.9 Å². The molecule has 17 heavy (non-hydrogen) atoms. The van der Waals surface area contributed by atoms with Crippen molar-refractivity contribution in [3.05, 3.63) is 0 Å². The second kappa shape index (κ2) is 5.54. The van der Waals surface area contributed by atoms with Gasteiger partial charge in [0, 0.05) is 6.42 Å². The van der Waals surface area contributed by atoms with Crippen LogP contribution in [0.4, 0.5) is 0 Å².